The third kappa shape index (κ3) is 3.72. The fourth-order valence-corrected chi connectivity index (χ4v) is 1.22. The minimum atomic E-state index is -0.769. The molecule has 0 aliphatic heterocycles. The second-order valence-corrected chi connectivity index (χ2v) is 3.94. The van der Waals surface area contributed by atoms with E-state index in [1.54, 1.807) is 13.8 Å². The van der Waals surface area contributed by atoms with E-state index >= 15 is 0 Å². The summed E-state index contributed by atoms with van der Waals surface area (Å²) in [6.45, 7) is 5.48. The van der Waals surface area contributed by atoms with Crippen molar-refractivity contribution in [2.24, 2.45) is 11.1 Å². The summed E-state index contributed by atoms with van der Waals surface area (Å²) in [5.41, 5.74) is 5.06. The molecule has 0 bridgehead atoms. The van der Waals surface area contributed by atoms with Crippen LogP contribution in [0.5, 0.6) is 0 Å². The van der Waals surface area contributed by atoms with Gasteiger partial charge in [-0.15, -0.1) is 0 Å². The average molecular weight is 173 g/mol. The smallest absolute Gasteiger partial charge is 0.309 e. The quantitative estimate of drug-likeness (QED) is 0.664. The number of aliphatic carboxylic acids is 1. The highest BCUT2D eigenvalue weighted by molar-refractivity contribution is 5.73. The fraction of sp³-hybridized carbons (Fsp3) is 0.889. The number of carboxylic acid groups (broad SMARTS) is 1. The Bertz CT molecular complexity index is 155. The fourth-order valence-electron chi connectivity index (χ4n) is 1.22. The lowest BCUT2D eigenvalue weighted by atomic mass is 9.85. The predicted octanol–water partition coefficient (Wildman–Crippen LogP) is 1.61. The van der Waals surface area contributed by atoms with E-state index in [2.05, 4.69) is 0 Å². The molecule has 0 aromatic carbocycles. The molecule has 1 unspecified atom stereocenters. The SMILES string of the molecule is CCCC(N)CC(C)(C)C(=O)O. The second-order valence-electron chi connectivity index (χ2n) is 3.94. The van der Waals surface area contributed by atoms with Crippen LogP contribution in [0.3, 0.4) is 0 Å². The van der Waals surface area contributed by atoms with Crippen molar-refractivity contribution in [3.8, 4) is 0 Å². The lowest BCUT2D eigenvalue weighted by Gasteiger charge is -2.22. The van der Waals surface area contributed by atoms with E-state index in [0.29, 0.717) is 6.42 Å². The zero-order chi connectivity index (χ0) is 9.78. The molecule has 0 heterocycles. The molecule has 0 aliphatic rings. The van der Waals surface area contributed by atoms with E-state index in [1.165, 1.54) is 0 Å². The van der Waals surface area contributed by atoms with Crippen molar-refractivity contribution in [3.63, 3.8) is 0 Å². The van der Waals surface area contributed by atoms with Crippen LogP contribution in [0.1, 0.15) is 40.0 Å². The summed E-state index contributed by atoms with van der Waals surface area (Å²) in [7, 11) is 0. The van der Waals surface area contributed by atoms with Crippen LogP contribution in [0.15, 0.2) is 0 Å². The molecule has 12 heavy (non-hydrogen) atoms. The molecule has 0 aromatic heterocycles. The molecular weight excluding hydrogens is 154 g/mol. The highest BCUT2D eigenvalue weighted by Crippen LogP contribution is 2.23. The van der Waals surface area contributed by atoms with Crippen molar-refractivity contribution < 1.29 is 9.90 Å². The number of hydrogen-bond donors (Lipinski definition) is 2. The third-order valence-corrected chi connectivity index (χ3v) is 2.01. The van der Waals surface area contributed by atoms with Crippen LogP contribution in [-0.4, -0.2) is 17.1 Å². The maximum absolute atomic E-state index is 10.7. The van der Waals surface area contributed by atoms with Gasteiger partial charge in [-0.2, -0.15) is 0 Å². The summed E-state index contributed by atoms with van der Waals surface area (Å²) in [5.74, 6) is -0.769. The summed E-state index contributed by atoms with van der Waals surface area (Å²) >= 11 is 0. The molecule has 0 spiro atoms. The van der Waals surface area contributed by atoms with E-state index in [1.807, 2.05) is 6.92 Å². The molecule has 3 N–H and O–H groups in total. The van der Waals surface area contributed by atoms with Gasteiger partial charge in [-0.3, -0.25) is 4.79 Å². The monoisotopic (exact) mass is 173 g/mol. The van der Waals surface area contributed by atoms with Gasteiger partial charge in [0.05, 0.1) is 5.41 Å². The lowest BCUT2D eigenvalue weighted by molar-refractivity contribution is -0.147. The molecule has 0 saturated heterocycles. The molecule has 0 fully saturated rings. The van der Waals surface area contributed by atoms with Crippen molar-refractivity contribution in [1.82, 2.24) is 0 Å². The number of rotatable bonds is 5. The number of hydrogen-bond acceptors (Lipinski definition) is 2. The highest BCUT2D eigenvalue weighted by atomic mass is 16.4. The van der Waals surface area contributed by atoms with Gasteiger partial charge in [-0.05, 0) is 26.7 Å². The van der Waals surface area contributed by atoms with E-state index in [0.717, 1.165) is 12.8 Å². The first-order valence-corrected chi connectivity index (χ1v) is 4.39. The Morgan fingerprint density at radius 1 is 1.58 bits per heavy atom. The number of carbonyl (C=O) groups is 1. The summed E-state index contributed by atoms with van der Waals surface area (Å²) in [6, 6.07) is 0.0149. The minimum absolute atomic E-state index is 0.0149. The van der Waals surface area contributed by atoms with E-state index in [9.17, 15) is 4.79 Å². The molecule has 0 radical (unpaired) electrons. The van der Waals surface area contributed by atoms with Crippen LogP contribution in [0, 0.1) is 5.41 Å². The van der Waals surface area contributed by atoms with Gasteiger partial charge in [0.25, 0.3) is 0 Å². The third-order valence-electron chi connectivity index (χ3n) is 2.01. The molecule has 72 valence electrons. The van der Waals surface area contributed by atoms with Gasteiger partial charge in [0, 0.05) is 6.04 Å². The highest BCUT2D eigenvalue weighted by Gasteiger charge is 2.28. The molecular formula is C9H19NO2. The molecule has 0 rings (SSSR count). The predicted molar refractivity (Wildman–Crippen MR) is 48.9 cm³/mol. The van der Waals surface area contributed by atoms with Crippen LogP contribution in [0.4, 0.5) is 0 Å². The minimum Gasteiger partial charge on any atom is -0.481 e. The van der Waals surface area contributed by atoms with Crippen molar-refractivity contribution in [3.05, 3.63) is 0 Å². The largest absolute Gasteiger partial charge is 0.481 e. The molecule has 0 aliphatic carbocycles. The Labute approximate surface area is 74.0 Å². The maximum atomic E-state index is 10.7. The lowest BCUT2D eigenvalue weighted by Crippen LogP contribution is -2.33. The van der Waals surface area contributed by atoms with Gasteiger partial charge in [0.2, 0.25) is 0 Å². The Morgan fingerprint density at radius 2 is 2.08 bits per heavy atom. The summed E-state index contributed by atoms with van der Waals surface area (Å²) in [6.07, 6.45) is 2.46. The zero-order valence-electron chi connectivity index (χ0n) is 8.13. The Hall–Kier alpha value is -0.570. The summed E-state index contributed by atoms with van der Waals surface area (Å²) in [5, 5.41) is 8.80. The molecule has 1 atom stereocenters. The van der Waals surface area contributed by atoms with Crippen LogP contribution < -0.4 is 5.73 Å². The maximum Gasteiger partial charge on any atom is 0.309 e. The Kier molecular flexibility index (Phi) is 4.24. The van der Waals surface area contributed by atoms with Crippen LogP contribution >= 0.6 is 0 Å². The van der Waals surface area contributed by atoms with Gasteiger partial charge in [-0.1, -0.05) is 13.3 Å². The normalized spacial score (nSPS) is 14.3. The van der Waals surface area contributed by atoms with Gasteiger partial charge < -0.3 is 10.8 Å². The summed E-state index contributed by atoms with van der Waals surface area (Å²) < 4.78 is 0. The number of carboxylic acids is 1. The van der Waals surface area contributed by atoms with Gasteiger partial charge in [-0.25, -0.2) is 0 Å². The molecule has 0 saturated carbocycles. The molecule has 0 amide bonds. The van der Waals surface area contributed by atoms with Crippen molar-refractivity contribution in [1.29, 1.82) is 0 Å². The Morgan fingerprint density at radius 3 is 2.42 bits per heavy atom. The standard InChI is InChI=1S/C9H19NO2/c1-4-5-7(10)6-9(2,3)8(11)12/h7H,4-6,10H2,1-3H3,(H,11,12). The topological polar surface area (TPSA) is 63.3 Å². The van der Waals surface area contributed by atoms with E-state index in [-0.39, 0.29) is 6.04 Å². The molecule has 3 heteroatoms. The van der Waals surface area contributed by atoms with E-state index < -0.39 is 11.4 Å². The van der Waals surface area contributed by atoms with Gasteiger partial charge in [0.15, 0.2) is 0 Å². The van der Waals surface area contributed by atoms with Crippen molar-refractivity contribution in [2.45, 2.75) is 46.1 Å². The Balaban J connectivity index is 3.96. The van der Waals surface area contributed by atoms with Crippen LogP contribution in [0.25, 0.3) is 0 Å². The van der Waals surface area contributed by atoms with E-state index in [4.69, 9.17) is 10.8 Å². The second kappa shape index (κ2) is 4.45. The van der Waals surface area contributed by atoms with Crippen LogP contribution in [-0.2, 0) is 4.79 Å². The van der Waals surface area contributed by atoms with Gasteiger partial charge >= 0.3 is 5.97 Å². The molecule has 0 aromatic rings. The first-order chi connectivity index (χ1) is 5.40. The van der Waals surface area contributed by atoms with Crippen molar-refractivity contribution >= 4 is 5.97 Å². The summed E-state index contributed by atoms with van der Waals surface area (Å²) in [4.78, 5) is 10.7. The molecule has 3 nitrogen and oxygen atoms in total. The first kappa shape index (κ1) is 11.4. The van der Waals surface area contributed by atoms with Gasteiger partial charge in [0.1, 0.15) is 0 Å². The van der Waals surface area contributed by atoms with Crippen molar-refractivity contribution in [2.75, 3.05) is 0 Å². The number of nitrogens with two attached hydrogens (primary N) is 1. The first-order valence-electron chi connectivity index (χ1n) is 4.39. The van der Waals surface area contributed by atoms with Crippen LogP contribution in [0.2, 0.25) is 0 Å². The zero-order valence-corrected chi connectivity index (χ0v) is 8.13. The average Bonchev–Trinajstić information content (AvgIpc) is 1.85.